The van der Waals surface area contributed by atoms with Crippen LogP contribution in [-0.4, -0.2) is 55.1 Å². The average molecular weight is 577 g/mol. The second-order valence-corrected chi connectivity index (χ2v) is 12.1. The largest absolute Gasteiger partial charge is 0.352 e. The normalized spacial score (nSPS) is 12.4. The first-order chi connectivity index (χ1) is 18.0. The first-order valence-electron chi connectivity index (χ1n) is 12.1. The Morgan fingerprint density at radius 1 is 0.895 bits per heavy atom. The predicted molar refractivity (Wildman–Crippen MR) is 150 cm³/mol. The molecule has 0 unspecified atom stereocenters. The molecule has 0 saturated carbocycles. The van der Waals surface area contributed by atoms with E-state index in [2.05, 4.69) is 5.32 Å². The van der Waals surface area contributed by atoms with E-state index in [9.17, 15) is 18.0 Å². The highest BCUT2D eigenvalue weighted by Crippen LogP contribution is 2.22. The summed E-state index contributed by atoms with van der Waals surface area (Å²) in [6.07, 6.45) is 0.239. The van der Waals surface area contributed by atoms with Gasteiger partial charge in [-0.05, 0) is 55.3 Å². The molecule has 202 valence electrons. The van der Waals surface area contributed by atoms with Gasteiger partial charge in [-0.3, -0.25) is 9.59 Å². The van der Waals surface area contributed by atoms with Gasteiger partial charge in [-0.2, -0.15) is 4.31 Å². The highest BCUT2D eigenvalue weighted by molar-refractivity contribution is 7.89. The monoisotopic (exact) mass is 575 g/mol. The van der Waals surface area contributed by atoms with Gasteiger partial charge in [0.15, 0.2) is 0 Å². The lowest BCUT2D eigenvalue weighted by Gasteiger charge is -2.33. The summed E-state index contributed by atoms with van der Waals surface area (Å²) in [5.41, 5.74) is 1.50. The number of hydrogen-bond acceptors (Lipinski definition) is 4. The van der Waals surface area contributed by atoms with Crippen molar-refractivity contribution in [1.29, 1.82) is 0 Å². The van der Waals surface area contributed by atoms with Crippen LogP contribution in [0.15, 0.2) is 83.8 Å². The molecule has 0 aliphatic heterocycles. The molecule has 10 heteroatoms. The molecule has 3 aromatic carbocycles. The Hall–Kier alpha value is -2.91. The lowest BCUT2D eigenvalue weighted by molar-refractivity contribution is -0.141. The van der Waals surface area contributed by atoms with Crippen LogP contribution in [0.1, 0.15) is 25.0 Å². The van der Waals surface area contributed by atoms with Crippen molar-refractivity contribution < 1.29 is 18.0 Å². The summed E-state index contributed by atoms with van der Waals surface area (Å²) >= 11 is 12.3. The molecular weight excluding hydrogens is 545 g/mol. The van der Waals surface area contributed by atoms with Gasteiger partial charge in [-0.1, -0.05) is 71.7 Å². The fraction of sp³-hybridized carbons (Fsp3) is 0.286. The first-order valence-corrected chi connectivity index (χ1v) is 14.3. The van der Waals surface area contributed by atoms with Crippen LogP contribution in [0.4, 0.5) is 0 Å². The number of nitrogens with zero attached hydrogens (tertiary/aromatic N) is 2. The number of amides is 2. The van der Waals surface area contributed by atoms with E-state index in [-0.39, 0.29) is 29.8 Å². The molecule has 0 aliphatic rings. The molecule has 3 rings (SSSR count). The quantitative estimate of drug-likeness (QED) is 0.356. The number of hydrogen-bond donors (Lipinski definition) is 1. The number of benzene rings is 3. The molecule has 1 atom stereocenters. The molecule has 0 heterocycles. The minimum atomic E-state index is -3.99. The molecule has 0 saturated heterocycles. The molecular formula is C28H31Cl2N3O4S. The van der Waals surface area contributed by atoms with E-state index in [0.29, 0.717) is 15.6 Å². The smallest absolute Gasteiger partial charge is 0.243 e. The van der Waals surface area contributed by atoms with E-state index in [4.69, 9.17) is 23.2 Å². The van der Waals surface area contributed by atoms with Crippen molar-refractivity contribution in [2.75, 3.05) is 13.6 Å². The van der Waals surface area contributed by atoms with E-state index >= 15 is 0 Å². The van der Waals surface area contributed by atoms with Gasteiger partial charge >= 0.3 is 0 Å². The maximum absolute atomic E-state index is 13.8. The second kappa shape index (κ2) is 13.2. The predicted octanol–water partition coefficient (Wildman–Crippen LogP) is 4.78. The summed E-state index contributed by atoms with van der Waals surface area (Å²) in [5.74, 6) is -0.878. The fourth-order valence-electron chi connectivity index (χ4n) is 3.90. The van der Waals surface area contributed by atoms with Gasteiger partial charge < -0.3 is 10.2 Å². The van der Waals surface area contributed by atoms with Crippen molar-refractivity contribution in [3.8, 4) is 0 Å². The van der Waals surface area contributed by atoms with Crippen LogP contribution in [0.2, 0.25) is 10.0 Å². The van der Waals surface area contributed by atoms with E-state index in [1.807, 2.05) is 44.2 Å². The van der Waals surface area contributed by atoms with E-state index < -0.39 is 28.5 Å². The zero-order chi connectivity index (χ0) is 27.9. The van der Waals surface area contributed by atoms with Crippen LogP contribution in [0.5, 0.6) is 0 Å². The third-order valence-corrected chi connectivity index (χ3v) is 8.32. The Bertz CT molecular complexity index is 1350. The van der Waals surface area contributed by atoms with Crippen molar-refractivity contribution >= 4 is 45.0 Å². The number of halogens is 2. The topological polar surface area (TPSA) is 86.8 Å². The van der Waals surface area contributed by atoms with Gasteiger partial charge in [-0.25, -0.2) is 8.42 Å². The van der Waals surface area contributed by atoms with Gasteiger partial charge in [0.2, 0.25) is 21.8 Å². The minimum absolute atomic E-state index is 0.00763. The molecule has 3 aromatic rings. The lowest BCUT2D eigenvalue weighted by atomic mass is 10.0. The summed E-state index contributed by atoms with van der Waals surface area (Å²) in [4.78, 5) is 28.6. The summed E-state index contributed by atoms with van der Waals surface area (Å²) in [6, 6.07) is 21.0. The number of sulfonamides is 1. The number of carbonyl (C=O) groups excluding carboxylic acids is 2. The SMILES string of the molecule is CC(C)NC(=O)[C@@H](Cc1ccccc1)N(Cc1ccccc1Cl)C(=O)CN(C)S(=O)(=O)c1ccc(Cl)cc1. The number of nitrogens with one attached hydrogen (secondary N) is 1. The molecule has 38 heavy (non-hydrogen) atoms. The fourth-order valence-corrected chi connectivity index (χ4v) is 5.34. The van der Waals surface area contributed by atoms with Gasteiger partial charge in [0, 0.05) is 36.1 Å². The Labute approximate surface area is 234 Å². The van der Waals surface area contributed by atoms with Crippen LogP contribution in [-0.2, 0) is 32.6 Å². The Morgan fingerprint density at radius 3 is 2.11 bits per heavy atom. The highest BCUT2D eigenvalue weighted by atomic mass is 35.5. The highest BCUT2D eigenvalue weighted by Gasteiger charge is 2.33. The number of carbonyl (C=O) groups is 2. The first kappa shape index (κ1) is 29.6. The Morgan fingerprint density at radius 2 is 1.50 bits per heavy atom. The van der Waals surface area contributed by atoms with Crippen molar-refractivity contribution in [2.45, 2.75) is 43.8 Å². The molecule has 0 radical (unpaired) electrons. The van der Waals surface area contributed by atoms with Crippen LogP contribution >= 0.6 is 23.2 Å². The summed E-state index contributed by atoms with van der Waals surface area (Å²) < 4.78 is 27.3. The second-order valence-electron chi connectivity index (χ2n) is 9.20. The van der Waals surface area contributed by atoms with E-state index in [1.54, 1.807) is 24.3 Å². The Balaban J connectivity index is 1.98. The molecule has 2 amide bonds. The van der Waals surface area contributed by atoms with E-state index in [0.717, 1.165) is 9.87 Å². The van der Waals surface area contributed by atoms with Crippen molar-refractivity contribution in [3.05, 3.63) is 100 Å². The van der Waals surface area contributed by atoms with Crippen molar-refractivity contribution in [3.63, 3.8) is 0 Å². The number of likely N-dealkylation sites (N-methyl/N-ethyl adjacent to an activating group) is 1. The third kappa shape index (κ3) is 7.80. The van der Waals surface area contributed by atoms with Crippen LogP contribution in [0.25, 0.3) is 0 Å². The molecule has 0 aromatic heterocycles. The minimum Gasteiger partial charge on any atom is -0.352 e. The summed E-state index contributed by atoms with van der Waals surface area (Å²) in [7, 11) is -2.66. The van der Waals surface area contributed by atoms with Crippen LogP contribution < -0.4 is 5.32 Å². The average Bonchev–Trinajstić information content (AvgIpc) is 2.87. The maximum Gasteiger partial charge on any atom is 0.243 e. The summed E-state index contributed by atoms with van der Waals surface area (Å²) in [5, 5.41) is 3.74. The maximum atomic E-state index is 13.8. The standard InChI is InChI=1S/C28H31Cl2N3O4S/c1-20(2)31-28(35)26(17-21-9-5-4-6-10-21)33(18-22-11-7-8-12-25(22)30)27(34)19-32(3)38(36,37)24-15-13-23(29)14-16-24/h4-16,20,26H,17-19H2,1-3H3,(H,31,35)/t26-/m1/s1. The zero-order valence-corrected chi connectivity index (χ0v) is 23.8. The van der Waals surface area contributed by atoms with Crippen LogP contribution in [0, 0.1) is 0 Å². The van der Waals surface area contributed by atoms with Crippen molar-refractivity contribution in [2.24, 2.45) is 0 Å². The molecule has 1 N–H and O–H groups in total. The zero-order valence-electron chi connectivity index (χ0n) is 21.5. The molecule has 0 spiro atoms. The van der Waals surface area contributed by atoms with Gasteiger partial charge in [0.25, 0.3) is 0 Å². The van der Waals surface area contributed by atoms with Gasteiger partial charge in [-0.15, -0.1) is 0 Å². The molecule has 0 aliphatic carbocycles. The summed E-state index contributed by atoms with van der Waals surface area (Å²) in [6.45, 7) is 3.22. The van der Waals surface area contributed by atoms with Gasteiger partial charge in [0.05, 0.1) is 11.4 Å². The molecule has 0 fully saturated rings. The Kier molecular flexibility index (Phi) is 10.3. The van der Waals surface area contributed by atoms with Crippen molar-refractivity contribution in [1.82, 2.24) is 14.5 Å². The van der Waals surface area contributed by atoms with E-state index in [1.165, 1.54) is 36.2 Å². The molecule has 0 bridgehead atoms. The van der Waals surface area contributed by atoms with Crippen LogP contribution in [0.3, 0.4) is 0 Å². The molecule has 7 nitrogen and oxygen atoms in total. The third-order valence-electron chi connectivity index (χ3n) is 5.88. The number of rotatable bonds is 11. The lowest BCUT2D eigenvalue weighted by Crippen LogP contribution is -2.54. The van der Waals surface area contributed by atoms with Gasteiger partial charge in [0.1, 0.15) is 6.04 Å².